The Morgan fingerprint density at radius 3 is 2.46 bits per heavy atom. The number of fused-ring (bicyclic) bond motifs is 2. The van der Waals surface area contributed by atoms with Gasteiger partial charge < -0.3 is 14.8 Å². The van der Waals surface area contributed by atoms with E-state index in [1.165, 1.54) is 0 Å². The number of nitrogens with one attached hydrogen (secondary N) is 1. The lowest BCUT2D eigenvalue weighted by atomic mass is 9.66. The zero-order valence-electron chi connectivity index (χ0n) is 13.8. The molecule has 24 heavy (non-hydrogen) atoms. The number of carbonyl (C=O) groups excluding carboxylic acids is 2. The lowest BCUT2D eigenvalue weighted by molar-refractivity contribution is -0.152. The van der Waals surface area contributed by atoms with Gasteiger partial charge in [-0.15, -0.1) is 0 Å². The van der Waals surface area contributed by atoms with E-state index in [2.05, 4.69) is 17.5 Å². The lowest BCUT2D eigenvalue weighted by Gasteiger charge is -2.43. The van der Waals surface area contributed by atoms with Gasteiger partial charge in [-0.05, 0) is 37.2 Å². The number of esters is 1. The van der Waals surface area contributed by atoms with Crippen LogP contribution in [0.15, 0.2) is 42.5 Å². The lowest BCUT2D eigenvalue weighted by Crippen LogP contribution is -2.54. The van der Waals surface area contributed by atoms with Crippen molar-refractivity contribution in [2.24, 2.45) is 17.8 Å². The van der Waals surface area contributed by atoms with Crippen molar-refractivity contribution in [2.75, 3.05) is 6.61 Å². The minimum atomic E-state index is -0.487. The molecular weight excluding hydrogens is 306 g/mol. The highest BCUT2D eigenvalue weighted by molar-refractivity contribution is 5.76. The van der Waals surface area contributed by atoms with Crippen LogP contribution in [0, 0.1) is 17.8 Å². The first kappa shape index (κ1) is 16.6. The quantitative estimate of drug-likeness (QED) is 0.666. The van der Waals surface area contributed by atoms with Crippen LogP contribution in [0.2, 0.25) is 0 Å². The summed E-state index contributed by atoms with van der Waals surface area (Å²) in [6.45, 7) is 2.36. The molecule has 5 heteroatoms. The zero-order valence-corrected chi connectivity index (χ0v) is 13.8. The van der Waals surface area contributed by atoms with E-state index in [1.807, 2.05) is 30.3 Å². The number of benzene rings is 1. The minimum absolute atomic E-state index is 0.133. The van der Waals surface area contributed by atoms with Crippen LogP contribution in [0.25, 0.3) is 0 Å². The average Bonchev–Trinajstić information content (AvgIpc) is 2.62. The van der Waals surface area contributed by atoms with Gasteiger partial charge in [-0.2, -0.15) is 0 Å². The summed E-state index contributed by atoms with van der Waals surface area (Å²) in [6.07, 6.45) is 5.64. The number of rotatable bonds is 5. The molecule has 1 aromatic carbocycles. The second-order valence-corrected chi connectivity index (χ2v) is 6.30. The highest BCUT2D eigenvalue weighted by atomic mass is 16.5. The van der Waals surface area contributed by atoms with Crippen LogP contribution < -0.4 is 5.32 Å². The van der Waals surface area contributed by atoms with Gasteiger partial charge in [0.05, 0.1) is 18.6 Å². The summed E-state index contributed by atoms with van der Waals surface area (Å²) in [5.41, 5.74) is 0.930. The fraction of sp³-hybridized carbons (Fsp3) is 0.474. The van der Waals surface area contributed by atoms with Crippen molar-refractivity contribution < 1.29 is 19.1 Å². The summed E-state index contributed by atoms with van der Waals surface area (Å²) in [6, 6.07) is 9.27. The average molecular weight is 329 g/mol. The normalized spacial score (nSPS) is 27.5. The molecule has 4 atom stereocenters. The Morgan fingerprint density at radius 1 is 1.08 bits per heavy atom. The van der Waals surface area contributed by atoms with Gasteiger partial charge in [0.15, 0.2) is 0 Å². The van der Waals surface area contributed by atoms with Gasteiger partial charge in [0, 0.05) is 0 Å². The predicted molar refractivity (Wildman–Crippen MR) is 89.0 cm³/mol. The van der Waals surface area contributed by atoms with Crippen molar-refractivity contribution in [1.82, 2.24) is 5.32 Å². The van der Waals surface area contributed by atoms with E-state index in [0.717, 1.165) is 18.4 Å². The van der Waals surface area contributed by atoms with Gasteiger partial charge in [0.1, 0.15) is 6.61 Å². The first-order chi connectivity index (χ1) is 11.7. The predicted octanol–water partition coefficient (Wildman–Crippen LogP) is 3.06. The fourth-order valence-electron chi connectivity index (χ4n) is 3.65. The number of alkyl carbamates (subject to hydrolysis) is 1. The van der Waals surface area contributed by atoms with Crippen molar-refractivity contribution >= 4 is 12.1 Å². The van der Waals surface area contributed by atoms with Gasteiger partial charge in [0.2, 0.25) is 0 Å². The first-order valence-corrected chi connectivity index (χ1v) is 8.51. The highest BCUT2D eigenvalue weighted by Crippen LogP contribution is 2.41. The Labute approximate surface area is 142 Å². The monoisotopic (exact) mass is 329 g/mol. The number of carbonyl (C=O) groups is 2. The molecule has 3 aliphatic carbocycles. The Bertz CT molecular complexity index is 613. The van der Waals surface area contributed by atoms with Crippen LogP contribution >= 0.6 is 0 Å². The standard InChI is InChI=1S/C19H23NO4/c1-2-23-18(21)16-14-8-10-15(11-9-14)17(16)20-19(22)24-12-13-6-4-3-5-7-13/h3-8,10,14-17H,2,9,11-12H2,1H3,(H,20,22)/t14?,15-,16?,17?/m0/s1. The highest BCUT2D eigenvalue weighted by Gasteiger charge is 2.46. The Balaban J connectivity index is 1.62. The second-order valence-electron chi connectivity index (χ2n) is 6.30. The molecule has 0 aliphatic heterocycles. The Hall–Kier alpha value is -2.30. The molecule has 128 valence electrons. The number of allylic oxidation sites excluding steroid dienone is 1. The number of hydrogen-bond acceptors (Lipinski definition) is 4. The van der Waals surface area contributed by atoms with E-state index in [4.69, 9.17) is 9.47 Å². The number of hydrogen-bond donors (Lipinski definition) is 1. The molecule has 1 amide bonds. The molecule has 1 N–H and O–H groups in total. The Kier molecular flexibility index (Phi) is 5.18. The molecule has 4 rings (SSSR count). The van der Waals surface area contributed by atoms with Gasteiger partial charge in [-0.25, -0.2) is 4.79 Å². The molecule has 3 unspecified atom stereocenters. The van der Waals surface area contributed by atoms with Gasteiger partial charge in [0.25, 0.3) is 0 Å². The number of ether oxygens (including phenoxy) is 2. The molecule has 0 saturated heterocycles. The maximum Gasteiger partial charge on any atom is 0.407 e. The van der Waals surface area contributed by atoms with Crippen molar-refractivity contribution in [3.8, 4) is 0 Å². The van der Waals surface area contributed by atoms with Crippen LogP contribution in [0.4, 0.5) is 4.79 Å². The van der Waals surface area contributed by atoms with Crippen LogP contribution in [0.5, 0.6) is 0 Å². The summed E-state index contributed by atoms with van der Waals surface area (Å²) < 4.78 is 10.5. The molecule has 5 nitrogen and oxygen atoms in total. The third-order valence-corrected chi connectivity index (χ3v) is 4.80. The molecule has 1 aromatic rings. The van der Waals surface area contributed by atoms with E-state index >= 15 is 0 Å². The summed E-state index contributed by atoms with van der Waals surface area (Å²) in [5, 5.41) is 2.90. The SMILES string of the molecule is CCOC(=O)C1C2C=C[C@@H](CC2)C1NC(=O)OCc1ccccc1. The largest absolute Gasteiger partial charge is 0.466 e. The minimum Gasteiger partial charge on any atom is -0.466 e. The van der Waals surface area contributed by atoms with E-state index < -0.39 is 6.09 Å². The van der Waals surface area contributed by atoms with Crippen molar-refractivity contribution in [3.05, 3.63) is 48.0 Å². The molecule has 1 saturated carbocycles. The van der Waals surface area contributed by atoms with E-state index in [0.29, 0.717) is 6.61 Å². The molecule has 1 fully saturated rings. The Morgan fingerprint density at radius 2 is 1.79 bits per heavy atom. The maximum absolute atomic E-state index is 12.3. The summed E-state index contributed by atoms with van der Waals surface area (Å²) in [4.78, 5) is 24.5. The first-order valence-electron chi connectivity index (χ1n) is 8.51. The topological polar surface area (TPSA) is 64.6 Å². The molecule has 2 bridgehead atoms. The van der Waals surface area contributed by atoms with Crippen LogP contribution in [-0.2, 0) is 20.9 Å². The van der Waals surface area contributed by atoms with Crippen molar-refractivity contribution in [1.29, 1.82) is 0 Å². The smallest absolute Gasteiger partial charge is 0.407 e. The van der Waals surface area contributed by atoms with Gasteiger partial charge in [-0.3, -0.25) is 4.79 Å². The molecule has 0 aromatic heterocycles. The second kappa shape index (κ2) is 7.51. The third-order valence-electron chi connectivity index (χ3n) is 4.80. The summed E-state index contributed by atoms with van der Waals surface area (Å²) in [7, 11) is 0. The van der Waals surface area contributed by atoms with Crippen LogP contribution in [-0.4, -0.2) is 24.7 Å². The van der Waals surface area contributed by atoms with Gasteiger partial charge >= 0.3 is 12.1 Å². The molecule has 3 aliphatic rings. The molecule has 0 spiro atoms. The van der Waals surface area contributed by atoms with Crippen LogP contribution in [0.1, 0.15) is 25.3 Å². The van der Waals surface area contributed by atoms with Crippen LogP contribution in [0.3, 0.4) is 0 Å². The summed E-state index contributed by atoms with van der Waals surface area (Å²) >= 11 is 0. The summed E-state index contributed by atoms with van der Waals surface area (Å²) in [5.74, 6) is -0.259. The number of amides is 1. The van der Waals surface area contributed by atoms with Crippen molar-refractivity contribution in [2.45, 2.75) is 32.4 Å². The molecule has 0 heterocycles. The van der Waals surface area contributed by atoms with E-state index in [1.54, 1.807) is 6.92 Å². The van der Waals surface area contributed by atoms with E-state index in [-0.39, 0.29) is 36.4 Å². The fourth-order valence-corrected chi connectivity index (χ4v) is 3.65. The zero-order chi connectivity index (χ0) is 16.9. The van der Waals surface area contributed by atoms with Gasteiger partial charge in [-0.1, -0.05) is 42.5 Å². The molecular formula is C19H23NO4. The molecule has 0 radical (unpaired) electrons. The third kappa shape index (κ3) is 3.61. The van der Waals surface area contributed by atoms with E-state index in [9.17, 15) is 9.59 Å². The maximum atomic E-state index is 12.3. The van der Waals surface area contributed by atoms with Crippen molar-refractivity contribution in [3.63, 3.8) is 0 Å².